The Bertz CT molecular complexity index is 1160. The van der Waals surface area contributed by atoms with Gasteiger partial charge >= 0.3 is 6.03 Å². The Kier molecular flexibility index (Phi) is 6.28. The molecule has 6 bridgehead atoms. The van der Waals surface area contributed by atoms with E-state index < -0.39 is 0 Å². The first-order valence-corrected chi connectivity index (χ1v) is 11.6. The maximum absolute atomic E-state index is 12.7. The van der Waals surface area contributed by atoms with Crippen molar-refractivity contribution in [2.75, 3.05) is 29.0 Å². The van der Waals surface area contributed by atoms with E-state index in [0.29, 0.717) is 16.8 Å². The SMILES string of the molecule is O=C(Nc1ccc2cc1CCc1cccc(c1)Nc1ncc(Cl)c(n1)N2)NC1CCCNC1. The number of rotatable bonds is 2. The molecule has 3 heterocycles. The lowest BCUT2D eigenvalue weighted by atomic mass is 10.0. The van der Waals surface area contributed by atoms with Crippen molar-refractivity contribution in [1.29, 1.82) is 0 Å². The van der Waals surface area contributed by atoms with Gasteiger partial charge in [-0.2, -0.15) is 4.98 Å². The van der Waals surface area contributed by atoms with Gasteiger partial charge in [-0.3, -0.25) is 0 Å². The summed E-state index contributed by atoms with van der Waals surface area (Å²) in [6.45, 7) is 1.81. The number of aromatic nitrogens is 2. The minimum absolute atomic E-state index is 0.147. The highest BCUT2D eigenvalue weighted by Gasteiger charge is 2.17. The maximum Gasteiger partial charge on any atom is 0.319 e. The van der Waals surface area contributed by atoms with Gasteiger partial charge in [-0.05, 0) is 73.7 Å². The Balaban J connectivity index is 1.43. The van der Waals surface area contributed by atoms with Gasteiger partial charge in [-0.15, -0.1) is 0 Å². The first-order chi connectivity index (χ1) is 16.1. The Morgan fingerprint density at radius 1 is 1.09 bits per heavy atom. The monoisotopic (exact) mass is 463 g/mol. The number of nitrogens with one attached hydrogen (secondary N) is 5. The van der Waals surface area contributed by atoms with Crippen molar-refractivity contribution < 1.29 is 4.79 Å². The Morgan fingerprint density at radius 2 is 2.00 bits per heavy atom. The fraction of sp³-hybridized carbons (Fsp3) is 0.292. The second-order valence-corrected chi connectivity index (χ2v) is 8.76. The van der Waals surface area contributed by atoms with Crippen LogP contribution in [0.4, 0.5) is 33.6 Å². The van der Waals surface area contributed by atoms with Crippen molar-refractivity contribution in [3.63, 3.8) is 0 Å². The van der Waals surface area contributed by atoms with Crippen LogP contribution in [-0.4, -0.2) is 35.1 Å². The number of aryl methyl sites for hydroxylation is 2. The second kappa shape index (κ2) is 9.64. The smallest absolute Gasteiger partial charge is 0.319 e. The number of hydrogen-bond acceptors (Lipinski definition) is 6. The number of carbonyl (C=O) groups excluding carboxylic acids is 1. The molecule has 0 aliphatic carbocycles. The number of hydrogen-bond donors (Lipinski definition) is 5. The minimum Gasteiger partial charge on any atom is -0.339 e. The second-order valence-electron chi connectivity index (χ2n) is 8.35. The molecule has 5 N–H and O–H groups in total. The van der Waals surface area contributed by atoms with Gasteiger partial charge in [-0.1, -0.05) is 23.7 Å². The predicted molar refractivity (Wildman–Crippen MR) is 132 cm³/mol. The average molecular weight is 464 g/mol. The van der Waals surface area contributed by atoms with E-state index in [0.717, 1.165) is 61.4 Å². The van der Waals surface area contributed by atoms with Crippen molar-refractivity contribution >= 4 is 46.5 Å². The van der Waals surface area contributed by atoms with E-state index in [4.69, 9.17) is 11.6 Å². The van der Waals surface area contributed by atoms with E-state index in [-0.39, 0.29) is 12.1 Å². The Morgan fingerprint density at radius 3 is 2.88 bits per heavy atom. The molecule has 33 heavy (non-hydrogen) atoms. The molecule has 8 nitrogen and oxygen atoms in total. The van der Waals surface area contributed by atoms with Crippen LogP contribution in [0.2, 0.25) is 5.02 Å². The third kappa shape index (κ3) is 5.35. The Hall–Kier alpha value is -3.36. The summed E-state index contributed by atoms with van der Waals surface area (Å²) in [5, 5.41) is 16.4. The van der Waals surface area contributed by atoms with Gasteiger partial charge in [0.1, 0.15) is 5.02 Å². The van der Waals surface area contributed by atoms with Crippen molar-refractivity contribution in [2.24, 2.45) is 0 Å². The highest BCUT2D eigenvalue weighted by Crippen LogP contribution is 2.29. The quantitative estimate of drug-likeness (QED) is 0.381. The molecule has 2 aliphatic rings. The number of anilines is 5. The predicted octanol–water partition coefficient (Wildman–Crippen LogP) is 4.59. The maximum atomic E-state index is 12.7. The summed E-state index contributed by atoms with van der Waals surface area (Å²) in [4.78, 5) is 21.5. The molecule has 0 radical (unpaired) electrons. The van der Waals surface area contributed by atoms with E-state index in [9.17, 15) is 4.79 Å². The van der Waals surface area contributed by atoms with Crippen molar-refractivity contribution in [3.05, 3.63) is 64.8 Å². The Labute approximate surface area is 197 Å². The molecule has 0 saturated carbocycles. The first kappa shape index (κ1) is 21.5. The first-order valence-electron chi connectivity index (χ1n) is 11.2. The lowest BCUT2D eigenvalue weighted by Crippen LogP contribution is -2.47. The summed E-state index contributed by atoms with van der Waals surface area (Å²) >= 11 is 6.34. The van der Waals surface area contributed by atoms with Gasteiger partial charge in [0.15, 0.2) is 5.82 Å². The number of amides is 2. The number of carbonyl (C=O) groups is 1. The van der Waals surface area contributed by atoms with Crippen LogP contribution in [0, 0.1) is 0 Å². The number of piperidine rings is 1. The van der Waals surface area contributed by atoms with Crippen LogP contribution in [0.5, 0.6) is 0 Å². The number of fused-ring (bicyclic) bond motifs is 6. The molecule has 1 aromatic heterocycles. The average Bonchev–Trinajstić information content (AvgIpc) is 2.82. The van der Waals surface area contributed by atoms with Gasteiger partial charge in [0.25, 0.3) is 0 Å². The van der Waals surface area contributed by atoms with Crippen LogP contribution in [0.1, 0.15) is 24.0 Å². The van der Waals surface area contributed by atoms with Crippen LogP contribution >= 0.6 is 11.6 Å². The molecule has 5 rings (SSSR count). The molecule has 1 fully saturated rings. The standard InChI is InChI=1S/C24H26ClN7O/c25-20-14-27-23-29-17-4-1-3-15(11-17)6-7-16-12-18(28-22(20)32-23)8-9-21(16)31-24(33)30-19-5-2-10-26-13-19/h1,3-4,8-9,11-12,14,19,26H,2,5-7,10,13H2,(H2,30,31,33)(H2,27,28,29,32). The molecule has 1 atom stereocenters. The molecule has 1 saturated heterocycles. The summed E-state index contributed by atoms with van der Waals surface area (Å²) in [6, 6.07) is 14.0. The third-order valence-electron chi connectivity index (χ3n) is 5.86. The third-order valence-corrected chi connectivity index (χ3v) is 6.14. The summed E-state index contributed by atoms with van der Waals surface area (Å²) in [6.07, 6.45) is 5.21. The van der Waals surface area contributed by atoms with Crippen LogP contribution < -0.4 is 26.6 Å². The molecule has 2 aliphatic heterocycles. The number of nitrogens with zero attached hydrogens (tertiary/aromatic N) is 2. The largest absolute Gasteiger partial charge is 0.339 e. The normalized spacial score (nSPS) is 17.3. The van der Waals surface area contributed by atoms with Crippen LogP contribution in [0.15, 0.2) is 48.7 Å². The zero-order chi connectivity index (χ0) is 22.6. The molecular weight excluding hydrogens is 438 g/mol. The highest BCUT2D eigenvalue weighted by atomic mass is 35.5. The van der Waals surface area contributed by atoms with E-state index in [1.54, 1.807) is 6.20 Å². The van der Waals surface area contributed by atoms with Crippen LogP contribution in [-0.2, 0) is 12.8 Å². The van der Waals surface area contributed by atoms with E-state index >= 15 is 0 Å². The summed E-state index contributed by atoms with van der Waals surface area (Å²) in [7, 11) is 0. The molecule has 0 spiro atoms. The number of urea groups is 1. The lowest BCUT2D eigenvalue weighted by molar-refractivity contribution is 0.245. The van der Waals surface area contributed by atoms with E-state index in [1.807, 2.05) is 30.3 Å². The fourth-order valence-electron chi connectivity index (χ4n) is 4.18. The van der Waals surface area contributed by atoms with Gasteiger partial charge < -0.3 is 26.6 Å². The number of benzene rings is 2. The molecule has 1 unspecified atom stereocenters. The van der Waals surface area contributed by atoms with Crippen LogP contribution in [0.25, 0.3) is 0 Å². The molecule has 2 aromatic carbocycles. The van der Waals surface area contributed by atoms with Gasteiger partial charge in [-0.25, -0.2) is 9.78 Å². The van der Waals surface area contributed by atoms with Crippen LogP contribution in [0.3, 0.4) is 0 Å². The van der Waals surface area contributed by atoms with Gasteiger partial charge in [0.05, 0.1) is 6.20 Å². The molecule has 9 heteroatoms. The summed E-state index contributed by atoms with van der Waals surface area (Å²) in [5.74, 6) is 0.976. The zero-order valence-corrected chi connectivity index (χ0v) is 18.9. The molecule has 3 aromatic rings. The van der Waals surface area contributed by atoms with Crippen molar-refractivity contribution in [3.8, 4) is 0 Å². The van der Waals surface area contributed by atoms with E-state index in [2.05, 4.69) is 48.7 Å². The molecule has 170 valence electrons. The van der Waals surface area contributed by atoms with Gasteiger partial charge in [0.2, 0.25) is 5.95 Å². The number of halogens is 1. The minimum atomic E-state index is -0.182. The molecular formula is C24H26ClN7O. The highest BCUT2D eigenvalue weighted by molar-refractivity contribution is 6.32. The summed E-state index contributed by atoms with van der Waals surface area (Å²) in [5.41, 5.74) is 4.74. The van der Waals surface area contributed by atoms with Crippen molar-refractivity contribution in [1.82, 2.24) is 20.6 Å². The van der Waals surface area contributed by atoms with Crippen molar-refractivity contribution in [2.45, 2.75) is 31.7 Å². The van der Waals surface area contributed by atoms with Gasteiger partial charge in [0, 0.05) is 29.6 Å². The lowest BCUT2D eigenvalue weighted by Gasteiger charge is -2.24. The molecule has 2 amide bonds. The van der Waals surface area contributed by atoms with E-state index in [1.165, 1.54) is 5.56 Å². The zero-order valence-electron chi connectivity index (χ0n) is 18.1. The fourth-order valence-corrected chi connectivity index (χ4v) is 4.32. The summed E-state index contributed by atoms with van der Waals surface area (Å²) < 4.78 is 0. The topological polar surface area (TPSA) is 103 Å².